The van der Waals surface area contributed by atoms with Gasteiger partial charge in [-0.15, -0.1) is 0 Å². The molecule has 1 aromatic carbocycles. The van der Waals surface area contributed by atoms with Crippen molar-refractivity contribution in [2.75, 3.05) is 13.1 Å². The molecule has 0 spiro atoms. The fraction of sp³-hybridized carbons (Fsp3) is 0.579. The molecule has 2 amide bonds. The Hall–Kier alpha value is -2.52. The maximum atomic E-state index is 13.1. The molecule has 1 aromatic rings. The van der Waals surface area contributed by atoms with Crippen LogP contribution in [-0.4, -0.2) is 54.2 Å². The van der Waals surface area contributed by atoms with Crippen molar-refractivity contribution in [3.63, 3.8) is 0 Å². The minimum absolute atomic E-state index is 0.0473. The van der Waals surface area contributed by atoms with Gasteiger partial charge in [0.25, 0.3) is 5.91 Å². The molecule has 1 aliphatic rings. The highest BCUT2D eigenvalue weighted by molar-refractivity contribution is 5.94. The fourth-order valence-electron chi connectivity index (χ4n) is 2.78. The van der Waals surface area contributed by atoms with Crippen molar-refractivity contribution in [1.82, 2.24) is 10.2 Å². The fourth-order valence-corrected chi connectivity index (χ4v) is 2.78. The summed E-state index contributed by atoms with van der Waals surface area (Å²) in [4.78, 5) is 25.9. The number of amides is 2. The number of nitrogens with zero attached hydrogens (tertiary/aromatic N) is 1. The third kappa shape index (κ3) is 6.79. The molecule has 0 atom stereocenters. The molecule has 0 bridgehead atoms. The van der Waals surface area contributed by atoms with Crippen molar-refractivity contribution in [2.24, 2.45) is 0 Å². The average molecular weight is 420 g/mol. The van der Waals surface area contributed by atoms with Gasteiger partial charge in [-0.3, -0.25) is 4.79 Å². The molecule has 1 heterocycles. The van der Waals surface area contributed by atoms with Crippen LogP contribution >= 0.6 is 0 Å². The molecule has 29 heavy (non-hydrogen) atoms. The minimum Gasteiger partial charge on any atom is -0.444 e. The lowest BCUT2D eigenvalue weighted by atomic mass is 10.0. The molecule has 2 rings (SSSR count). The molecule has 0 aromatic heterocycles. The van der Waals surface area contributed by atoms with Crippen LogP contribution in [0.1, 0.15) is 44.0 Å². The molecule has 1 fully saturated rings. The monoisotopic (exact) mass is 420 g/mol. The zero-order chi connectivity index (χ0) is 21.8. The van der Waals surface area contributed by atoms with Crippen LogP contribution in [-0.2, 0) is 4.74 Å². The third-order valence-corrected chi connectivity index (χ3v) is 4.09. The zero-order valence-corrected chi connectivity index (χ0v) is 16.4. The first-order valence-corrected chi connectivity index (χ1v) is 9.11. The lowest BCUT2D eigenvalue weighted by Gasteiger charge is -2.33. The number of carbonyl (C=O) groups is 2. The van der Waals surface area contributed by atoms with E-state index in [1.807, 2.05) is 0 Å². The summed E-state index contributed by atoms with van der Waals surface area (Å²) in [5.74, 6) is -0.964. The van der Waals surface area contributed by atoms with E-state index in [4.69, 9.17) is 4.74 Å². The number of carbonyl (C=O) groups excluding carboxylic acids is 2. The van der Waals surface area contributed by atoms with Crippen LogP contribution < -0.4 is 10.1 Å². The van der Waals surface area contributed by atoms with E-state index < -0.39 is 35.9 Å². The number of hydrogen-bond acceptors (Lipinski definition) is 4. The molecule has 6 nitrogen and oxygen atoms in total. The number of nitrogens with one attached hydrogen (secondary N) is 1. The molecule has 0 unspecified atom stereocenters. The maximum absolute atomic E-state index is 13.1. The van der Waals surface area contributed by atoms with Gasteiger partial charge in [-0.05, 0) is 51.8 Å². The highest BCUT2D eigenvalue weighted by atomic mass is 19.3. The minimum atomic E-state index is -4.65. The lowest BCUT2D eigenvalue weighted by Crippen LogP contribution is -2.47. The Morgan fingerprint density at radius 3 is 2.34 bits per heavy atom. The van der Waals surface area contributed by atoms with Crippen LogP contribution in [0.3, 0.4) is 0 Å². The van der Waals surface area contributed by atoms with Crippen LogP contribution in [0.2, 0.25) is 0 Å². The van der Waals surface area contributed by atoms with E-state index >= 15 is 0 Å². The van der Waals surface area contributed by atoms with Gasteiger partial charge in [0.2, 0.25) is 0 Å². The van der Waals surface area contributed by atoms with Crippen molar-refractivity contribution in [3.05, 3.63) is 29.8 Å². The van der Waals surface area contributed by atoms with Crippen molar-refractivity contribution in [2.45, 2.75) is 57.8 Å². The second-order valence-corrected chi connectivity index (χ2v) is 7.71. The Labute approximate surface area is 166 Å². The second-order valence-electron chi connectivity index (χ2n) is 7.71. The van der Waals surface area contributed by atoms with Gasteiger partial charge in [0.15, 0.2) is 0 Å². The predicted octanol–water partition coefficient (Wildman–Crippen LogP) is 4.05. The van der Waals surface area contributed by atoms with Crippen molar-refractivity contribution in [1.29, 1.82) is 0 Å². The molecule has 1 N–H and O–H groups in total. The number of likely N-dealkylation sites (tertiary alicyclic amines) is 1. The maximum Gasteiger partial charge on any atom is 0.461 e. The Morgan fingerprint density at radius 2 is 1.79 bits per heavy atom. The Bertz CT molecular complexity index is 729. The largest absolute Gasteiger partial charge is 0.461 e. The lowest BCUT2D eigenvalue weighted by molar-refractivity contribution is -0.253. The predicted molar refractivity (Wildman–Crippen MR) is 96.3 cm³/mol. The Balaban J connectivity index is 1.92. The molecule has 0 aliphatic carbocycles. The summed E-state index contributed by atoms with van der Waals surface area (Å²) in [6.07, 6.45) is -8.19. The number of ether oxygens (including phenoxy) is 2. The zero-order valence-electron chi connectivity index (χ0n) is 16.4. The van der Waals surface area contributed by atoms with Gasteiger partial charge in [0, 0.05) is 24.7 Å². The first kappa shape index (κ1) is 22.8. The van der Waals surface area contributed by atoms with Gasteiger partial charge in [-0.1, -0.05) is 6.07 Å². The van der Waals surface area contributed by atoms with Gasteiger partial charge in [0.1, 0.15) is 11.4 Å². The van der Waals surface area contributed by atoms with Gasteiger partial charge in [-0.25, -0.2) is 4.79 Å². The smallest absolute Gasteiger partial charge is 0.444 e. The summed E-state index contributed by atoms with van der Waals surface area (Å²) in [5, 5.41) is 2.75. The topological polar surface area (TPSA) is 67.9 Å². The first-order chi connectivity index (χ1) is 13.4. The Kier molecular flexibility index (Phi) is 6.97. The number of alkyl halides is 4. The third-order valence-electron chi connectivity index (χ3n) is 4.09. The molecule has 0 saturated carbocycles. The first-order valence-electron chi connectivity index (χ1n) is 9.11. The number of hydrogen-bond donors (Lipinski definition) is 1. The standard InChI is InChI=1S/C19H24F4N2O4/c1-18(2,3)29-17(27)24-13-7-9-25(10-8-13)15(26)12-5-4-6-14(11-12)28-19(22,23)16(20)21/h4-6,11,13,16H,7-10H2,1-3H3,(H,24,27). The van der Waals surface area contributed by atoms with Crippen molar-refractivity contribution >= 4 is 12.0 Å². The van der Waals surface area contributed by atoms with Gasteiger partial charge < -0.3 is 19.7 Å². The van der Waals surface area contributed by atoms with Crippen molar-refractivity contribution < 1.29 is 36.6 Å². The molecule has 10 heteroatoms. The molecular weight excluding hydrogens is 396 g/mol. The average Bonchev–Trinajstić information content (AvgIpc) is 2.60. The number of piperidine rings is 1. The van der Waals surface area contributed by atoms with Crippen molar-refractivity contribution in [3.8, 4) is 5.75 Å². The Morgan fingerprint density at radius 1 is 1.17 bits per heavy atom. The highest BCUT2D eigenvalue weighted by Crippen LogP contribution is 2.28. The van der Waals surface area contributed by atoms with Gasteiger partial charge in [0.05, 0.1) is 0 Å². The second kappa shape index (κ2) is 8.87. The van der Waals surface area contributed by atoms with Gasteiger partial charge >= 0.3 is 18.6 Å². The van der Waals surface area contributed by atoms with Crippen LogP contribution in [0.4, 0.5) is 22.4 Å². The van der Waals surface area contributed by atoms with E-state index in [0.717, 1.165) is 12.1 Å². The SMILES string of the molecule is CC(C)(C)OC(=O)NC1CCN(C(=O)c2cccc(OC(F)(F)C(F)F)c2)CC1. The molecule has 0 radical (unpaired) electrons. The van der Waals surface area contributed by atoms with E-state index in [2.05, 4.69) is 10.1 Å². The van der Waals surface area contributed by atoms with Gasteiger partial charge in [-0.2, -0.15) is 17.6 Å². The van der Waals surface area contributed by atoms with E-state index in [-0.39, 0.29) is 11.6 Å². The summed E-state index contributed by atoms with van der Waals surface area (Å²) in [7, 11) is 0. The summed E-state index contributed by atoms with van der Waals surface area (Å²) in [5.41, 5.74) is -0.569. The normalized spacial score (nSPS) is 15.9. The van der Waals surface area contributed by atoms with Crippen LogP contribution in [0.25, 0.3) is 0 Å². The van der Waals surface area contributed by atoms with Crippen LogP contribution in [0.5, 0.6) is 5.75 Å². The molecule has 1 aliphatic heterocycles. The molecule has 1 saturated heterocycles. The number of benzene rings is 1. The summed E-state index contributed by atoms with van der Waals surface area (Å²) in [6, 6.07) is 4.59. The summed E-state index contributed by atoms with van der Waals surface area (Å²) < 4.78 is 59.9. The number of alkyl carbamates (subject to hydrolysis) is 1. The number of halogens is 4. The van der Waals surface area contributed by atoms with E-state index in [9.17, 15) is 27.2 Å². The molecule has 162 valence electrons. The summed E-state index contributed by atoms with van der Waals surface area (Å²) in [6.45, 7) is 5.92. The van der Waals surface area contributed by atoms with Crippen LogP contribution in [0, 0.1) is 0 Å². The van der Waals surface area contributed by atoms with E-state index in [0.29, 0.717) is 25.9 Å². The summed E-state index contributed by atoms with van der Waals surface area (Å²) >= 11 is 0. The molecular formula is C19H24F4N2O4. The van der Waals surface area contributed by atoms with E-state index in [1.165, 1.54) is 17.0 Å². The quantitative estimate of drug-likeness (QED) is 0.730. The van der Waals surface area contributed by atoms with E-state index in [1.54, 1.807) is 20.8 Å². The van der Waals surface area contributed by atoms with Crippen LogP contribution in [0.15, 0.2) is 24.3 Å². The highest BCUT2D eigenvalue weighted by Gasteiger charge is 2.44. The number of rotatable bonds is 5.